The molecule has 1 aliphatic carbocycles. The van der Waals surface area contributed by atoms with Crippen molar-refractivity contribution in [3.05, 3.63) is 63.5 Å². The predicted octanol–water partition coefficient (Wildman–Crippen LogP) is 2.72. The van der Waals surface area contributed by atoms with E-state index in [1.54, 1.807) is 0 Å². The number of thiophene rings is 1. The van der Waals surface area contributed by atoms with Gasteiger partial charge in [0.25, 0.3) is 17.7 Å². The number of nitrogens with one attached hydrogen (secondary N) is 3. The van der Waals surface area contributed by atoms with Crippen molar-refractivity contribution in [2.75, 3.05) is 6.54 Å². The third kappa shape index (κ3) is 5.00. The molecule has 3 N–H and O–H groups in total. The summed E-state index contributed by atoms with van der Waals surface area (Å²) in [6.07, 6.45) is 3.09. The smallest absolute Gasteiger partial charge is 0.279 e. The van der Waals surface area contributed by atoms with E-state index in [4.69, 9.17) is 4.52 Å². The van der Waals surface area contributed by atoms with Gasteiger partial charge < -0.3 is 9.84 Å². The first kappa shape index (κ1) is 20.8. The normalized spacial score (nSPS) is 15.1. The van der Waals surface area contributed by atoms with Gasteiger partial charge in [0, 0.05) is 16.5 Å². The van der Waals surface area contributed by atoms with Crippen LogP contribution in [0.25, 0.3) is 11.3 Å². The Morgan fingerprint density at radius 1 is 1.13 bits per heavy atom. The summed E-state index contributed by atoms with van der Waals surface area (Å²) in [4.78, 5) is 38.3. The van der Waals surface area contributed by atoms with Crippen LogP contribution in [0.4, 0.5) is 0 Å². The largest absolute Gasteiger partial charge is 0.355 e. The van der Waals surface area contributed by atoms with E-state index >= 15 is 0 Å². The van der Waals surface area contributed by atoms with E-state index in [0.29, 0.717) is 16.6 Å². The molecule has 2 heterocycles. The summed E-state index contributed by atoms with van der Waals surface area (Å²) in [7, 11) is 0. The number of hydrogen-bond acceptors (Lipinski definition) is 6. The van der Waals surface area contributed by atoms with Gasteiger partial charge in [-0.2, -0.15) is 0 Å². The van der Waals surface area contributed by atoms with Crippen molar-refractivity contribution < 1.29 is 18.9 Å². The molecular formula is C22H22N4O4S. The van der Waals surface area contributed by atoms with E-state index in [-0.39, 0.29) is 18.1 Å². The minimum absolute atomic E-state index is 0.0640. The van der Waals surface area contributed by atoms with E-state index in [9.17, 15) is 14.4 Å². The Balaban J connectivity index is 1.24. The molecule has 1 aliphatic rings. The van der Waals surface area contributed by atoms with Crippen molar-refractivity contribution in [1.29, 1.82) is 0 Å². The van der Waals surface area contributed by atoms with E-state index < -0.39 is 11.8 Å². The number of aromatic nitrogens is 1. The van der Waals surface area contributed by atoms with Crippen molar-refractivity contribution in [3.63, 3.8) is 0 Å². The summed E-state index contributed by atoms with van der Waals surface area (Å²) in [5.74, 6) is -0.392. The number of aryl methyl sites for hydroxylation is 1. The van der Waals surface area contributed by atoms with Crippen molar-refractivity contribution in [1.82, 2.24) is 21.3 Å². The summed E-state index contributed by atoms with van der Waals surface area (Å²) in [6.45, 7) is 1.89. The highest BCUT2D eigenvalue weighted by molar-refractivity contribution is 7.14. The van der Waals surface area contributed by atoms with E-state index in [0.717, 1.165) is 24.8 Å². The highest BCUT2D eigenvalue weighted by Crippen LogP contribution is 2.32. The number of carbonyl (C=O) groups is 3. The third-order valence-corrected chi connectivity index (χ3v) is 6.31. The minimum atomic E-state index is -0.552. The van der Waals surface area contributed by atoms with E-state index in [1.807, 2.05) is 36.4 Å². The van der Waals surface area contributed by atoms with E-state index in [1.165, 1.54) is 27.8 Å². The van der Waals surface area contributed by atoms with Gasteiger partial charge in [-0.3, -0.25) is 25.2 Å². The predicted molar refractivity (Wildman–Crippen MR) is 115 cm³/mol. The molecular weight excluding hydrogens is 416 g/mol. The number of fused-ring (bicyclic) bond motifs is 1. The fourth-order valence-corrected chi connectivity index (χ4v) is 4.53. The van der Waals surface area contributed by atoms with Gasteiger partial charge in [-0.25, -0.2) is 0 Å². The molecule has 2 aromatic heterocycles. The second kappa shape index (κ2) is 9.13. The van der Waals surface area contributed by atoms with Gasteiger partial charge in [-0.05, 0) is 36.8 Å². The van der Waals surface area contributed by atoms with Gasteiger partial charge in [-0.15, -0.1) is 11.3 Å². The van der Waals surface area contributed by atoms with Crippen LogP contribution in [0.1, 0.15) is 43.9 Å². The maximum Gasteiger partial charge on any atom is 0.279 e. The molecule has 8 nitrogen and oxygen atoms in total. The van der Waals surface area contributed by atoms with E-state index in [2.05, 4.69) is 28.2 Å². The van der Waals surface area contributed by atoms with Gasteiger partial charge in [0.1, 0.15) is 0 Å². The maximum atomic E-state index is 12.3. The molecule has 0 saturated heterocycles. The Kier molecular flexibility index (Phi) is 6.13. The molecule has 31 heavy (non-hydrogen) atoms. The molecule has 1 unspecified atom stereocenters. The first-order valence-electron chi connectivity index (χ1n) is 10.0. The second-order valence-corrected chi connectivity index (χ2v) is 8.67. The number of hydrazine groups is 1. The molecule has 1 atom stereocenters. The van der Waals surface area contributed by atoms with Crippen LogP contribution in [0, 0.1) is 5.92 Å². The maximum absolute atomic E-state index is 12.3. The SMILES string of the molecule is CC1CCc2sc(C(=O)NNC(=O)CNC(=O)c3cc(-c4ccccc4)on3)cc2C1. The lowest BCUT2D eigenvalue weighted by Crippen LogP contribution is -2.46. The molecule has 1 aromatic carbocycles. The standard InChI is InChI=1S/C22H22N4O4S/c1-13-7-8-18-15(9-13)10-19(31-18)22(29)25-24-20(27)12-23-21(28)16-11-17(30-26-16)14-5-3-2-4-6-14/h2-6,10-11,13H,7-9,12H2,1H3,(H,23,28)(H,24,27)(H,25,29). The first-order valence-corrected chi connectivity index (χ1v) is 10.8. The fraction of sp³-hybridized carbons (Fsp3) is 0.273. The molecule has 0 aliphatic heterocycles. The van der Waals surface area contributed by atoms with Crippen molar-refractivity contribution >= 4 is 29.1 Å². The van der Waals surface area contributed by atoms with Gasteiger partial charge in [0.05, 0.1) is 11.4 Å². The quantitative estimate of drug-likeness (QED) is 0.530. The number of nitrogens with zero attached hydrogens (tertiary/aromatic N) is 1. The summed E-state index contributed by atoms with van der Waals surface area (Å²) in [5.41, 5.74) is 6.78. The fourth-order valence-electron chi connectivity index (χ4n) is 3.42. The Morgan fingerprint density at radius 3 is 2.74 bits per heavy atom. The molecule has 4 rings (SSSR count). The lowest BCUT2D eigenvalue weighted by atomic mass is 9.90. The first-order chi connectivity index (χ1) is 15.0. The number of amides is 3. The van der Waals surface area contributed by atoms with Crippen molar-refractivity contribution in [2.45, 2.75) is 26.2 Å². The molecule has 9 heteroatoms. The Bertz CT molecular complexity index is 1110. The van der Waals surface area contributed by atoms with Gasteiger partial charge in [0.15, 0.2) is 11.5 Å². The number of carbonyl (C=O) groups excluding carboxylic acids is 3. The number of rotatable bonds is 5. The van der Waals surface area contributed by atoms with Crippen molar-refractivity contribution in [2.24, 2.45) is 5.92 Å². The van der Waals surface area contributed by atoms with Crippen LogP contribution in [-0.2, 0) is 17.6 Å². The van der Waals surface area contributed by atoms with Crippen LogP contribution in [0.15, 0.2) is 47.0 Å². The van der Waals surface area contributed by atoms with Crippen LogP contribution in [0.2, 0.25) is 0 Å². The topological polar surface area (TPSA) is 113 Å². The zero-order valence-corrected chi connectivity index (χ0v) is 17.8. The van der Waals surface area contributed by atoms with Crippen LogP contribution in [0.5, 0.6) is 0 Å². The highest BCUT2D eigenvalue weighted by atomic mass is 32.1. The zero-order chi connectivity index (χ0) is 21.8. The van der Waals surface area contributed by atoms with Gasteiger partial charge in [0.2, 0.25) is 0 Å². The van der Waals surface area contributed by atoms with Crippen LogP contribution in [0.3, 0.4) is 0 Å². The average molecular weight is 439 g/mol. The Morgan fingerprint density at radius 2 is 1.94 bits per heavy atom. The number of hydrogen-bond donors (Lipinski definition) is 3. The lowest BCUT2D eigenvalue weighted by Gasteiger charge is -2.16. The highest BCUT2D eigenvalue weighted by Gasteiger charge is 2.21. The monoisotopic (exact) mass is 438 g/mol. The van der Waals surface area contributed by atoms with Crippen LogP contribution >= 0.6 is 11.3 Å². The van der Waals surface area contributed by atoms with Crippen LogP contribution < -0.4 is 16.2 Å². The molecule has 3 aromatic rings. The third-order valence-electron chi connectivity index (χ3n) is 5.08. The molecule has 0 radical (unpaired) electrons. The van der Waals surface area contributed by atoms with Gasteiger partial charge >= 0.3 is 0 Å². The Labute approximate surface area is 183 Å². The summed E-state index contributed by atoms with van der Waals surface area (Å²) in [5, 5.41) is 6.18. The molecule has 0 saturated carbocycles. The summed E-state index contributed by atoms with van der Waals surface area (Å²) < 4.78 is 5.18. The second-order valence-electron chi connectivity index (χ2n) is 7.53. The average Bonchev–Trinajstić information content (AvgIpc) is 3.43. The zero-order valence-electron chi connectivity index (χ0n) is 16.9. The van der Waals surface area contributed by atoms with Gasteiger partial charge in [-0.1, -0.05) is 42.4 Å². The molecule has 0 spiro atoms. The lowest BCUT2D eigenvalue weighted by molar-refractivity contribution is -0.120. The summed E-state index contributed by atoms with van der Waals surface area (Å²) >= 11 is 1.46. The summed E-state index contributed by atoms with van der Waals surface area (Å²) in [6, 6.07) is 12.6. The minimum Gasteiger partial charge on any atom is -0.355 e. The molecule has 160 valence electrons. The van der Waals surface area contributed by atoms with Crippen LogP contribution in [-0.4, -0.2) is 29.4 Å². The molecule has 0 fully saturated rings. The number of benzene rings is 1. The van der Waals surface area contributed by atoms with Crippen molar-refractivity contribution in [3.8, 4) is 11.3 Å². The Hall–Kier alpha value is -3.46. The molecule has 0 bridgehead atoms. The molecule has 3 amide bonds.